The molecule has 0 atom stereocenters. The Kier molecular flexibility index (Phi) is 7.86. The first-order chi connectivity index (χ1) is 14.0. The topological polar surface area (TPSA) is 91.2 Å². The van der Waals surface area contributed by atoms with E-state index in [4.69, 9.17) is 4.74 Å². The van der Waals surface area contributed by atoms with Crippen LogP contribution in [0.15, 0.2) is 54.2 Å². The Labute approximate surface area is 166 Å². The van der Waals surface area contributed by atoms with Crippen molar-refractivity contribution >= 4 is 23.3 Å². The molecular formula is C21H19F2N3O3. The van der Waals surface area contributed by atoms with Crippen LogP contribution in [-0.4, -0.2) is 18.5 Å². The van der Waals surface area contributed by atoms with Gasteiger partial charge in [0, 0.05) is 12.3 Å². The third kappa shape index (κ3) is 6.14. The van der Waals surface area contributed by atoms with Crippen molar-refractivity contribution in [2.24, 2.45) is 0 Å². The molecule has 0 unspecified atom stereocenters. The van der Waals surface area contributed by atoms with Crippen LogP contribution in [0.1, 0.15) is 30.1 Å². The molecule has 0 aliphatic rings. The van der Waals surface area contributed by atoms with Crippen molar-refractivity contribution in [3.8, 4) is 6.07 Å². The molecule has 8 heteroatoms. The lowest BCUT2D eigenvalue weighted by molar-refractivity contribution is -0.112. The van der Waals surface area contributed by atoms with Crippen LogP contribution >= 0.6 is 0 Å². The molecule has 0 aliphatic carbocycles. The molecule has 0 aliphatic heterocycles. The third-order valence-corrected chi connectivity index (χ3v) is 3.79. The highest BCUT2D eigenvalue weighted by molar-refractivity contribution is 6.09. The van der Waals surface area contributed by atoms with Gasteiger partial charge in [-0.1, -0.05) is 25.5 Å². The summed E-state index contributed by atoms with van der Waals surface area (Å²) in [5, 5.41) is 14.1. The number of anilines is 2. The molecule has 0 heterocycles. The summed E-state index contributed by atoms with van der Waals surface area (Å²) >= 11 is 0. The molecular weight excluding hydrogens is 380 g/mol. The van der Waals surface area contributed by atoms with Gasteiger partial charge in [-0.2, -0.15) is 5.26 Å². The molecule has 1 amide bonds. The molecule has 2 aromatic rings. The Morgan fingerprint density at radius 3 is 2.66 bits per heavy atom. The van der Waals surface area contributed by atoms with E-state index in [9.17, 15) is 23.6 Å². The summed E-state index contributed by atoms with van der Waals surface area (Å²) in [7, 11) is 0. The largest absolute Gasteiger partial charge is 0.462 e. The number of nitrogens with one attached hydrogen (secondary N) is 2. The maximum atomic E-state index is 13.6. The number of benzene rings is 2. The SMILES string of the molecule is CCCCOC(=O)c1ccccc1NC(=O)/C(C#N)=C\Nc1cc(F)ccc1F. The van der Waals surface area contributed by atoms with Gasteiger partial charge in [0.2, 0.25) is 0 Å². The number of nitriles is 1. The van der Waals surface area contributed by atoms with E-state index in [-0.39, 0.29) is 23.5 Å². The number of hydrogen-bond donors (Lipinski definition) is 2. The van der Waals surface area contributed by atoms with Gasteiger partial charge in [-0.25, -0.2) is 13.6 Å². The van der Waals surface area contributed by atoms with Crippen LogP contribution in [0.3, 0.4) is 0 Å². The Hall–Kier alpha value is -3.73. The van der Waals surface area contributed by atoms with Crippen molar-refractivity contribution in [2.75, 3.05) is 17.2 Å². The Balaban J connectivity index is 2.14. The molecule has 2 N–H and O–H groups in total. The Morgan fingerprint density at radius 2 is 1.93 bits per heavy atom. The van der Waals surface area contributed by atoms with E-state index < -0.39 is 29.1 Å². The number of esters is 1. The predicted octanol–water partition coefficient (Wildman–Crippen LogP) is 4.38. The quantitative estimate of drug-likeness (QED) is 0.298. The van der Waals surface area contributed by atoms with E-state index in [0.29, 0.717) is 6.42 Å². The van der Waals surface area contributed by atoms with Crippen molar-refractivity contribution in [1.29, 1.82) is 5.26 Å². The lowest BCUT2D eigenvalue weighted by atomic mass is 10.1. The van der Waals surface area contributed by atoms with E-state index in [1.807, 2.05) is 6.92 Å². The molecule has 0 spiro atoms. The van der Waals surface area contributed by atoms with Crippen molar-refractivity contribution < 1.29 is 23.1 Å². The van der Waals surface area contributed by atoms with Gasteiger partial charge in [0.1, 0.15) is 23.3 Å². The maximum absolute atomic E-state index is 13.6. The van der Waals surface area contributed by atoms with Crippen LogP contribution in [0, 0.1) is 23.0 Å². The fourth-order valence-electron chi connectivity index (χ4n) is 2.25. The van der Waals surface area contributed by atoms with Crippen LogP contribution < -0.4 is 10.6 Å². The number of amides is 1. The van der Waals surface area contributed by atoms with Gasteiger partial charge in [0.25, 0.3) is 5.91 Å². The van der Waals surface area contributed by atoms with Crippen molar-refractivity contribution in [1.82, 2.24) is 0 Å². The lowest BCUT2D eigenvalue weighted by Gasteiger charge is -2.11. The van der Waals surface area contributed by atoms with Gasteiger partial charge in [-0.3, -0.25) is 4.79 Å². The second-order valence-corrected chi connectivity index (χ2v) is 5.93. The van der Waals surface area contributed by atoms with Crippen LogP contribution in [-0.2, 0) is 9.53 Å². The average molecular weight is 399 g/mol. The summed E-state index contributed by atoms with van der Waals surface area (Å²) in [6, 6.07) is 10.6. The second kappa shape index (κ2) is 10.6. The van der Waals surface area contributed by atoms with Crippen LogP contribution in [0.5, 0.6) is 0 Å². The van der Waals surface area contributed by atoms with Gasteiger partial charge in [0.15, 0.2) is 0 Å². The summed E-state index contributed by atoms with van der Waals surface area (Å²) < 4.78 is 32.0. The zero-order valence-corrected chi connectivity index (χ0v) is 15.7. The molecule has 0 aromatic heterocycles. The number of hydrogen-bond acceptors (Lipinski definition) is 5. The first-order valence-corrected chi connectivity index (χ1v) is 8.85. The molecule has 2 rings (SSSR count). The summed E-state index contributed by atoms with van der Waals surface area (Å²) in [6.07, 6.45) is 2.53. The summed E-state index contributed by atoms with van der Waals surface area (Å²) in [5.74, 6) is -2.86. The van der Waals surface area contributed by atoms with Crippen molar-refractivity contribution in [2.45, 2.75) is 19.8 Å². The first-order valence-electron chi connectivity index (χ1n) is 8.85. The number of carbonyl (C=O) groups is 2. The maximum Gasteiger partial charge on any atom is 0.340 e. The van der Waals surface area contributed by atoms with Crippen molar-refractivity contribution in [3.05, 3.63) is 71.4 Å². The minimum atomic E-state index is -0.828. The van der Waals surface area contributed by atoms with Crippen LogP contribution in [0.4, 0.5) is 20.2 Å². The minimum Gasteiger partial charge on any atom is -0.462 e. The van der Waals surface area contributed by atoms with E-state index in [0.717, 1.165) is 30.8 Å². The normalized spacial score (nSPS) is 10.8. The third-order valence-electron chi connectivity index (χ3n) is 3.79. The van der Waals surface area contributed by atoms with E-state index in [1.165, 1.54) is 12.1 Å². The monoisotopic (exact) mass is 399 g/mol. The van der Waals surface area contributed by atoms with E-state index in [1.54, 1.807) is 18.2 Å². The number of halogens is 2. The number of carbonyl (C=O) groups excluding carboxylic acids is 2. The van der Waals surface area contributed by atoms with Gasteiger partial charge in [-0.15, -0.1) is 0 Å². The number of rotatable bonds is 8. The van der Waals surface area contributed by atoms with Gasteiger partial charge >= 0.3 is 5.97 Å². The van der Waals surface area contributed by atoms with Gasteiger partial charge in [0.05, 0.1) is 23.5 Å². The molecule has 29 heavy (non-hydrogen) atoms. The highest BCUT2D eigenvalue weighted by Crippen LogP contribution is 2.18. The summed E-state index contributed by atoms with van der Waals surface area (Å²) in [4.78, 5) is 24.6. The number of ether oxygens (including phenoxy) is 1. The van der Waals surface area contributed by atoms with Gasteiger partial charge < -0.3 is 15.4 Å². The molecule has 0 saturated heterocycles. The molecule has 2 aromatic carbocycles. The summed E-state index contributed by atoms with van der Waals surface area (Å²) in [6.45, 7) is 2.21. The Bertz CT molecular complexity index is 968. The summed E-state index contributed by atoms with van der Waals surface area (Å²) in [5.41, 5.74) is -0.330. The standard InChI is InChI=1S/C21H19F2N3O3/c1-2-3-10-29-21(28)16-6-4-5-7-18(16)26-20(27)14(12-24)13-25-19-11-15(22)8-9-17(19)23/h4-9,11,13,25H,2-3,10H2,1H3,(H,26,27)/b14-13-. The number of nitrogens with zero attached hydrogens (tertiary/aromatic N) is 1. The van der Waals surface area contributed by atoms with E-state index in [2.05, 4.69) is 10.6 Å². The van der Waals surface area contributed by atoms with Crippen LogP contribution in [0.2, 0.25) is 0 Å². The molecule has 6 nitrogen and oxygen atoms in total. The molecule has 0 bridgehead atoms. The van der Waals surface area contributed by atoms with E-state index >= 15 is 0 Å². The number of para-hydroxylation sites is 1. The predicted molar refractivity (Wildman–Crippen MR) is 104 cm³/mol. The zero-order chi connectivity index (χ0) is 21.2. The minimum absolute atomic E-state index is 0.137. The molecule has 0 radical (unpaired) electrons. The fourth-order valence-corrected chi connectivity index (χ4v) is 2.25. The Morgan fingerprint density at radius 1 is 1.17 bits per heavy atom. The molecule has 0 fully saturated rings. The zero-order valence-electron chi connectivity index (χ0n) is 15.7. The fraction of sp³-hybridized carbons (Fsp3) is 0.190. The lowest BCUT2D eigenvalue weighted by Crippen LogP contribution is -2.18. The smallest absolute Gasteiger partial charge is 0.340 e. The molecule has 0 saturated carbocycles. The average Bonchev–Trinajstić information content (AvgIpc) is 2.71. The second-order valence-electron chi connectivity index (χ2n) is 5.93. The van der Waals surface area contributed by atoms with Crippen LogP contribution in [0.25, 0.3) is 0 Å². The highest BCUT2D eigenvalue weighted by Gasteiger charge is 2.16. The van der Waals surface area contributed by atoms with Gasteiger partial charge in [-0.05, 0) is 30.7 Å². The first kappa shape index (κ1) is 21.6. The molecule has 150 valence electrons. The number of unbranched alkanes of at least 4 members (excludes halogenated alkanes) is 1. The highest BCUT2D eigenvalue weighted by atomic mass is 19.1. The van der Waals surface area contributed by atoms with Crippen molar-refractivity contribution in [3.63, 3.8) is 0 Å².